The Labute approximate surface area is 118 Å². The summed E-state index contributed by atoms with van der Waals surface area (Å²) in [6, 6.07) is 3.93. The predicted molar refractivity (Wildman–Crippen MR) is 69.6 cm³/mol. The van der Waals surface area contributed by atoms with E-state index in [4.69, 9.17) is 10.8 Å². The van der Waals surface area contributed by atoms with Gasteiger partial charge < -0.3 is 16.2 Å². The summed E-state index contributed by atoms with van der Waals surface area (Å²) in [5, 5.41) is 18.4. The Balaban J connectivity index is 1.99. The fourth-order valence-electron chi connectivity index (χ4n) is 1.64. The highest BCUT2D eigenvalue weighted by atomic mass is 19.1. The first kappa shape index (κ1) is 14.4. The zero-order valence-electron chi connectivity index (χ0n) is 10.8. The van der Waals surface area contributed by atoms with Gasteiger partial charge in [-0.05, 0) is 12.1 Å². The number of para-hydroxylation sites is 1. The molecule has 0 bridgehead atoms. The van der Waals surface area contributed by atoms with Crippen LogP contribution in [-0.2, 0) is 17.9 Å². The van der Waals surface area contributed by atoms with Crippen molar-refractivity contribution >= 4 is 17.6 Å². The number of hydrogen-bond acceptors (Lipinski definition) is 5. The minimum Gasteiger partial charge on any atom is -0.480 e. The zero-order chi connectivity index (χ0) is 15.4. The van der Waals surface area contributed by atoms with Gasteiger partial charge in [-0.25, -0.2) is 9.07 Å². The third-order valence-corrected chi connectivity index (χ3v) is 2.61. The maximum Gasteiger partial charge on any atom is 0.325 e. The monoisotopic (exact) mass is 293 g/mol. The molecule has 0 radical (unpaired) electrons. The molecule has 1 aromatic carbocycles. The Morgan fingerprint density at radius 2 is 2.19 bits per heavy atom. The van der Waals surface area contributed by atoms with Crippen molar-refractivity contribution in [3.63, 3.8) is 0 Å². The fourth-order valence-corrected chi connectivity index (χ4v) is 1.64. The van der Waals surface area contributed by atoms with Crippen LogP contribution in [0.5, 0.6) is 0 Å². The lowest BCUT2D eigenvalue weighted by molar-refractivity contribution is -0.137. The lowest BCUT2D eigenvalue weighted by Crippen LogP contribution is -2.24. The Bertz CT molecular complexity index is 685. The summed E-state index contributed by atoms with van der Waals surface area (Å²) in [6.45, 7) is -0.299. The molecule has 9 heteroatoms. The van der Waals surface area contributed by atoms with Gasteiger partial charge in [0.1, 0.15) is 18.1 Å². The molecule has 0 unspecified atom stereocenters. The molecule has 1 heterocycles. The molecular formula is C12H12FN5O3. The van der Waals surface area contributed by atoms with Gasteiger partial charge in [0, 0.05) is 0 Å². The number of nitrogens with zero attached hydrogens (tertiary/aromatic N) is 3. The quantitative estimate of drug-likeness (QED) is 0.667. The van der Waals surface area contributed by atoms with Crippen LogP contribution >= 0.6 is 0 Å². The number of carboxylic acids is 1. The second kappa shape index (κ2) is 5.99. The number of carbonyl (C=O) groups is 2. The standard InChI is InChI=1S/C12H12FN5O3/c13-9-3-1-2-8(11(9)14)12(21)15-4-7-5-18(17-16-7)6-10(19)20/h1-3,5H,4,6,14H2,(H,15,21)(H,19,20). The first-order valence-corrected chi connectivity index (χ1v) is 5.90. The number of nitrogen functional groups attached to an aromatic ring is 1. The highest BCUT2D eigenvalue weighted by molar-refractivity contribution is 5.99. The second-order valence-corrected chi connectivity index (χ2v) is 4.18. The smallest absolute Gasteiger partial charge is 0.325 e. The molecule has 0 aliphatic rings. The molecule has 0 atom stereocenters. The van der Waals surface area contributed by atoms with Crippen LogP contribution in [0.2, 0.25) is 0 Å². The van der Waals surface area contributed by atoms with E-state index in [1.165, 1.54) is 18.3 Å². The molecule has 0 saturated carbocycles. The number of carbonyl (C=O) groups excluding carboxylic acids is 1. The number of anilines is 1. The zero-order valence-corrected chi connectivity index (χ0v) is 10.8. The van der Waals surface area contributed by atoms with Crippen molar-refractivity contribution in [1.82, 2.24) is 20.3 Å². The maximum atomic E-state index is 13.2. The summed E-state index contributed by atoms with van der Waals surface area (Å²) >= 11 is 0. The van der Waals surface area contributed by atoms with Crippen molar-refractivity contribution < 1.29 is 19.1 Å². The van der Waals surface area contributed by atoms with Crippen molar-refractivity contribution in [3.05, 3.63) is 41.5 Å². The van der Waals surface area contributed by atoms with E-state index >= 15 is 0 Å². The van der Waals surface area contributed by atoms with Crippen molar-refractivity contribution in [2.24, 2.45) is 0 Å². The van der Waals surface area contributed by atoms with E-state index in [0.29, 0.717) is 5.69 Å². The van der Waals surface area contributed by atoms with Crippen LogP contribution in [0.1, 0.15) is 16.1 Å². The molecular weight excluding hydrogens is 281 g/mol. The molecule has 0 saturated heterocycles. The SMILES string of the molecule is Nc1c(F)cccc1C(=O)NCc1cn(CC(=O)O)nn1. The fraction of sp³-hybridized carbons (Fsp3) is 0.167. The van der Waals surface area contributed by atoms with Gasteiger partial charge in [0.25, 0.3) is 5.91 Å². The number of nitrogens with two attached hydrogens (primary N) is 1. The Hall–Kier alpha value is -2.97. The van der Waals surface area contributed by atoms with E-state index in [0.717, 1.165) is 10.7 Å². The second-order valence-electron chi connectivity index (χ2n) is 4.18. The van der Waals surface area contributed by atoms with Gasteiger partial charge in [-0.15, -0.1) is 5.10 Å². The first-order chi connectivity index (χ1) is 9.97. The Morgan fingerprint density at radius 1 is 1.43 bits per heavy atom. The molecule has 110 valence electrons. The van der Waals surface area contributed by atoms with Crippen molar-refractivity contribution in [2.45, 2.75) is 13.1 Å². The molecule has 0 spiro atoms. The lowest BCUT2D eigenvalue weighted by atomic mass is 10.1. The highest BCUT2D eigenvalue weighted by Crippen LogP contribution is 2.15. The molecule has 0 fully saturated rings. The largest absolute Gasteiger partial charge is 0.480 e. The van der Waals surface area contributed by atoms with Crippen LogP contribution in [0.4, 0.5) is 10.1 Å². The number of aliphatic carboxylic acids is 1. The van der Waals surface area contributed by atoms with Gasteiger partial charge in [0.15, 0.2) is 0 Å². The number of nitrogens with one attached hydrogen (secondary N) is 1. The molecule has 0 aliphatic carbocycles. The molecule has 1 amide bonds. The number of carboxylic acid groups (broad SMARTS) is 1. The summed E-state index contributed by atoms with van der Waals surface area (Å²) in [5.74, 6) is -2.28. The summed E-state index contributed by atoms with van der Waals surface area (Å²) in [5.41, 5.74) is 5.64. The van der Waals surface area contributed by atoms with E-state index in [1.54, 1.807) is 0 Å². The molecule has 4 N–H and O–H groups in total. The molecule has 0 aliphatic heterocycles. The summed E-state index contributed by atoms with van der Waals surface area (Å²) < 4.78 is 14.4. The predicted octanol–water partition coefficient (Wildman–Crippen LogP) is 0.0140. The van der Waals surface area contributed by atoms with Crippen molar-refractivity contribution in [2.75, 3.05) is 5.73 Å². The Morgan fingerprint density at radius 3 is 2.90 bits per heavy atom. The average Bonchev–Trinajstić information content (AvgIpc) is 2.86. The van der Waals surface area contributed by atoms with E-state index in [9.17, 15) is 14.0 Å². The number of halogens is 1. The number of amides is 1. The van der Waals surface area contributed by atoms with Gasteiger partial charge in [0.2, 0.25) is 0 Å². The molecule has 2 aromatic rings. The third-order valence-electron chi connectivity index (χ3n) is 2.61. The molecule has 2 rings (SSSR count). The summed E-state index contributed by atoms with van der Waals surface area (Å²) in [4.78, 5) is 22.4. The minimum absolute atomic E-state index is 0.0212. The van der Waals surface area contributed by atoms with Crippen LogP contribution in [-0.4, -0.2) is 32.0 Å². The number of rotatable bonds is 5. The van der Waals surface area contributed by atoms with Gasteiger partial charge in [-0.2, -0.15) is 0 Å². The Kier molecular flexibility index (Phi) is 4.12. The first-order valence-electron chi connectivity index (χ1n) is 5.90. The van der Waals surface area contributed by atoms with Crippen molar-refractivity contribution in [3.8, 4) is 0 Å². The minimum atomic E-state index is -1.05. The number of hydrogen-bond donors (Lipinski definition) is 3. The van der Waals surface area contributed by atoms with Gasteiger partial charge in [-0.1, -0.05) is 11.3 Å². The van der Waals surface area contributed by atoms with Gasteiger partial charge in [-0.3, -0.25) is 9.59 Å². The van der Waals surface area contributed by atoms with E-state index in [2.05, 4.69) is 15.6 Å². The van der Waals surface area contributed by atoms with E-state index in [1.807, 2.05) is 0 Å². The van der Waals surface area contributed by atoms with Crippen LogP contribution in [0.25, 0.3) is 0 Å². The topological polar surface area (TPSA) is 123 Å². The normalized spacial score (nSPS) is 10.3. The van der Waals surface area contributed by atoms with Crippen LogP contribution in [0.15, 0.2) is 24.4 Å². The van der Waals surface area contributed by atoms with Crippen LogP contribution in [0.3, 0.4) is 0 Å². The number of aromatic nitrogens is 3. The third kappa shape index (κ3) is 3.53. The van der Waals surface area contributed by atoms with Crippen molar-refractivity contribution in [1.29, 1.82) is 0 Å². The van der Waals surface area contributed by atoms with Crippen LogP contribution in [0, 0.1) is 5.82 Å². The molecule has 21 heavy (non-hydrogen) atoms. The maximum absolute atomic E-state index is 13.2. The van der Waals surface area contributed by atoms with Gasteiger partial charge >= 0.3 is 5.97 Å². The van der Waals surface area contributed by atoms with E-state index < -0.39 is 17.7 Å². The molecule has 8 nitrogen and oxygen atoms in total. The summed E-state index contributed by atoms with van der Waals surface area (Å²) in [7, 11) is 0. The van der Waals surface area contributed by atoms with Crippen LogP contribution < -0.4 is 11.1 Å². The van der Waals surface area contributed by atoms with E-state index in [-0.39, 0.29) is 24.3 Å². The molecule has 1 aromatic heterocycles. The lowest BCUT2D eigenvalue weighted by Gasteiger charge is -2.06. The number of benzene rings is 1. The highest BCUT2D eigenvalue weighted by Gasteiger charge is 2.13. The van der Waals surface area contributed by atoms with Gasteiger partial charge in [0.05, 0.1) is 24.0 Å². The average molecular weight is 293 g/mol. The summed E-state index contributed by atoms with van der Waals surface area (Å²) in [6.07, 6.45) is 1.39.